The molecule has 26 heavy (non-hydrogen) atoms. The third-order valence-electron chi connectivity index (χ3n) is 5.04. The maximum absolute atomic E-state index is 5.52. The summed E-state index contributed by atoms with van der Waals surface area (Å²) in [5, 5.41) is 6.74. The zero-order chi connectivity index (χ0) is 18.1. The van der Waals surface area contributed by atoms with Gasteiger partial charge in [-0.3, -0.25) is 4.99 Å². The van der Waals surface area contributed by atoms with E-state index in [9.17, 15) is 0 Å². The van der Waals surface area contributed by atoms with Crippen molar-refractivity contribution in [2.24, 2.45) is 4.99 Å². The predicted molar refractivity (Wildman–Crippen MR) is 119 cm³/mol. The van der Waals surface area contributed by atoms with Crippen molar-refractivity contribution >= 4 is 29.9 Å². The minimum Gasteiger partial charge on any atom is -0.493 e. The highest BCUT2D eigenvalue weighted by Gasteiger charge is 2.34. The first kappa shape index (κ1) is 22.6. The topological polar surface area (TPSA) is 54.9 Å². The van der Waals surface area contributed by atoms with Gasteiger partial charge in [-0.1, -0.05) is 31.4 Å². The molecule has 0 spiro atoms. The van der Waals surface area contributed by atoms with Gasteiger partial charge in [-0.25, -0.2) is 0 Å². The van der Waals surface area contributed by atoms with Gasteiger partial charge in [-0.2, -0.15) is 0 Å². The molecule has 0 atom stereocenters. The molecule has 1 aliphatic rings. The molecule has 146 valence electrons. The van der Waals surface area contributed by atoms with Crippen LogP contribution in [0.5, 0.6) is 11.5 Å². The highest BCUT2D eigenvalue weighted by Crippen LogP contribution is 2.42. The molecule has 1 aromatic rings. The molecule has 0 heterocycles. The van der Waals surface area contributed by atoms with E-state index in [4.69, 9.17) is 9.47 Å². The summed E-state index contributed by atoms with van der Waals surface area (Å²) in [7, 11) is 5.15. The molecule has 0 unspecified atom stereocenters. The molecule has 2 rings (SSSR count). The second-order valence-corrected chi connectivity index (χ2v) is 6.51. The normalized spacial score (nSPS) is 16.2. The van der Waals surface area contributed by atoms with E-state index >= 15 is 0 Å². The highest BCUT2D eigenvalue weighted by atomic mass is 127. The summed E-state index contributed by atoms with van der Waals surface area (Å²) in [5.41, 5.74) is 1.39. The zero-order valence-corrected chi connectivity index (χ0v) is 18.5. The molecule has 5 nitrogen and oxygen atoms in total. The molecule has 2 N–H and O–H groups in total. The van der Waals surface area contributed by atoms with E-state index in [1.54, 1.807) is 21.3 Å². The van der Waals surface area contributed by atoms with Gasteiger partial charge in [0.05, 0.1) is 14.2 Å². The van der Waals surface area contributed by atoms with Crippen LogP contribution in [0.25, 0.3) is 0 Å². The van der Waals surface area contributed by atoms with Crippen molar-refractivity contribution in [3.05, 3.63) is 36.4 Å². The van der Waals surface area contributed by atoms with E-state index in [1.807, 2.05) is 12.1 Å². The predicted octanol–water partition coefficient (Wildman–Crippen LogP) is 3.87. The maximum Gasteiger partial charge on any atom is 0.191 e. The van der Waals surface area contributed by atoms with Crippen LogP contribution < -0.4 is 20.1 Å². The lowest BCUT2D eigenvalue weighted by molar-refractivity contribution is 0.288. The Labute approximate surface area is 174 Å². The third kappa shape index (κ3) is 5.53. The molecule has 0 bridgehead atoms. The van der Waals surface area contributed by atoms with Crippen LogP contribution in [0, 0.1) is 0 Å². The van der Waals surface area contributed by atoms with E-state index in [0.717, 1.165) is 36.8 Å². The first-order valence-corrected chi connectivity index (χ1v) is 8.97. The van der Waals surface area contributed by atoms with Crippen LogP contribution in [-0.2, 0) is 5.41 Å². The second-order valence-electron chi connectivity index (χ2n) is 6.51. The Morgan fingerprint density at radius 3 is 2.42 bits per heavy atom. The van der Waals surface area contributed by atoms with Crippen molar-refractivity contribution in [2.75, 3.05) is 34.4 Å². The quantitative estimate of drug-likeness (QED) is 0.273. The number of nitrogens with zero attached hydrogens (tertiary/aromatic N) is 1. The molecule has 1 aromatic carbocycles. The number of hydrogen-bond donors (Lipinski definition) is 2. The molecule has 1 aliphatic carbocycles. The van der Waals surface area contributed by atoms with Crippen molar-refractivity contribution in [1.82, 2.24) is 10.6 Å². The molecule has 6 heteroatoms. The Hall–Kier alpha value is -1.44. The minimum atomic E-state index is 0. The molecule has 0 aliphatic heterocycles. The largest absolute Gasteiger partial charge is 0.493 e. The van der Waals surface area contributed by atoms with Crippen molar-refractivity contribution in [2.45, 2.75) is 37.5 Å². The monoisotopic (exact) mass is 473 g/mol. The molecule has 0 aromatic heterocycles. The van der Waals surface area contributed by atoms with Gasteiger partial charge >= 0.3 is 0 Å². The van der Waals surface area contributed by atoms with Crippen LogP contribution in [0.15, 0.2) is 35.8 Å². The van der Waals surface area contributed by atoms with Crippen molar-refractivity contribution in [3.8, 4) is 11.5 Å². The lowest BCUT2D eigenvalue weighted by Crippen LogP contribution is -2.46. The van der Waals surface area contributed by atoms with Crippen molar-refractivity contribution < 1.29 is 9.47 Å². The summed E-state index contributed by atoms with van der Waals surface area (Å²) in [6.07, 6.45) is 7.95. The van der Waals surface area contributed by atoms with Gasteiger partial charge in [0.2, 0.25) is 0 Å². The number of hydrogen-bond acceptors (Lipinski definition) is 3. The summed E-state index contributed by atoms with van der Waals surface area (Å²) < 4.78 is 10.9. The van der Waals surface area contributed by atoms with Gasteiger partial charge in [0, 0.05) is 25.6 Å². The van der Waals surface area contributed by atoms with Crippen LogP contribution in [-0.4, -0.2) is 40.3 Å². The zero-order valence-electron chi connectivity index (χ0n) is 16.1. The second kappa shape index (κ2) is 11.3. The van der Waals surface area contributed by atoms with E-state index in [0.29, 0.717) is 6.54 Å². The number of methoxy groups -OCH3 is 2. The summed E-state index contributed by atoms with van der Waals surface area (Å²) in [6, 6.07) is 6.31. The van der Waals surface area contributed by atoms with Gasteiger partial charge in [0.1, 0.15) is 0 Å². The third-order valence-corrected chi connectivity index (χ3v) is 5.04. The fourth-order valence-electron chi connectivity index (χ4n) is 3.60. The van der Waals surface area contributed by atoms with Crippen molar-refractivity contribution in [1.29, 1.82) is 0 Å². The van der Waals surface area contributed by atoms with Crippen LogP contribution in [0.3, 0.4) is 0 Å². The van der Waals surface area contributed by atoms with Crippen LogP contribution in [0.1, 0.15) is 37.7 Å². The van der Waals surface area contributed by atoms with Crippen LogP contribution in [0.2, 0.25) is 0 Å². The van der Waals surface area contributed by atoms with Gasteiger partial charge in [-0.15, -0.1) is 30.6 Å². The number of ether oxygens (including phenoxy) is 2. The Kier molecular flexibility index (Phi) is 9.83. The summed E-state index contributed by atoms with van der Waals surface area (Å²) >= 11 is 0. The average Bonchev–Trinajstić information content (AvgIpc) is 2.68. The van der Waals surface area contributed by atoms with Gasteiger partial charge < -0.3 is 20.1 Å². The fraction of sp³-hybridized carbons (Fsp3) is 0.550. The summed E-state index contributed by atoms with van der Waals surface area (Å²) in [4.78, 5) is 4.30. The van der Waals surface area contributed by atoms with E-state index in [2.05, 4.69) is 34.3 Å². The number of aliphatic imine (C=N–C) groups is 1. The average molecular weight is 473 g/mol. The standard InChI is InChI=1S/C20H31N3O2.HI/c1-5-13-22-19(21-2)23-15-20(11-7-6-8-12-20)16-9-10-17(24-3)18(14-16)25-4;/h5,9-10,14H,1,6-8,11-13,15H2,2-4H3,(H2,21,22,23);1H. The molecule has 0 saturated heterocycles. The Bertz CT molecular complexity index is 599. The molecule has 0 amide bonds. The first-order chi connectivity index (χ1) is 12.2. The van der Waals surface area contributed by atoms with Crippen LogP contribution >= 0.6 is 24.0 Å². The minimum absolute atomic E-state index is 0. The molecular formula is C20H32IN3O2. The number of rotatable bonds is 7. The number of halogens is 1. The van der Waals surface area contributed by atoms with Gasteiger partial charge in [0.15, 0.2) is 17.5 Å². The highest BCUT2D eigenvalue weighted by molar-refractivity contribution is 14.0. The lowest BCUT2D eigenvalue weighted by Gasteiger charge is -2.38. The molecule has 1 saturated carbocycles. The fourth-order valence-corrected chi connectivity index (χ4v) is 3.60. The van der Waals surface area contributed by atoms with Crippen molar-refractivity contribution in [3.63, 3.8) is 0 Å². The number of benzene rings is 1. The van der Waals surface area contributed by atoms with E-state index in [-0.39, 0.29) is 29.4 Å². The smallest absolute Gasteiger partial charge is 0.191 e. The molecule has 0 radical (unpaired) electrons. The SMILES string of the molecule is C=CCNC(=NC)NCC1(c2ccc(OC)c(OC)c2)CCCCC1.I. The Morgan fingerprint density at radius 1 is 1.15 bits per heavy atom. The van der Waals surface area contributed by atoms with E-state index < -0.39 is 0 Å². The first-order valence-electron chi connectivity index (χ1n) is 8.97. The maximum atomic E-state index is 5.52. The summed E-state index contributed by atoms with van der Waals surface area (Å²) in [6.45, 7) is 5.29. The van der Waals surface area contributed by atoms with Crippen LogP contribution in [0.4, 0.5) is 0 Å². The van der Waals surface area contributed by atoms with Gasteiger partial charge in [-0.05, 0) is 30.5 Å². The Morgan fingerprint density at radius 2 is 1.85 bits per heavy atom. The molecular weight excluding hydrogens is 441 g/mol. The summed E-state index contributed by atoms with van der Waals surface area (Å²) in [5.74, 6) is 2.37. The molecule has 1 fully saturated rings. The van der Waals surface area contributed by atoms with E-state index in [1.165, 1.54) is 24.8 Å². The Balaban J connectivity index is 0.00000338. The number of nitrogens with one attached hydrogen (secondary N) is 2. The lowest BCUT2D eigenvalue weighted by atomic mass is 9.69. The van der Waals surface area contributed by atoms with Gasteiger partial charge in [0.25, 0.3) is 0 Å². The number of guanidine groups is 1.